The van der Waals surface area contributed by atoms with Gasteiger partial charge >= 0.3 is 6.09 Å². The summed E-state index contributed by atoms with van der Waals surface area (Å²) in [5.74, 6) is 1.02. The van der Waals surface area contributed by atoms with Gasteiger partial charge in [0.25, 0.3) is 0 Å². The molecule has 2 N–H and O–H groups in total. The van der Waals surface area contributed by atoms with Crippen LogP contribution >= 0.6 is 11.8 Å². The molecule has 0 aromatic heterocycles. The number of thioether (sulfide) groups is 1. The molecular formula is C13H24N2O2S. The van der Waals surface area contributed by atoms with Gasteiger partial charge in [0.15, 0.2) is 0 Å². The van der Waals surface area contributed by atoms with E-state index in [1.54, 1.807) is 0 Å². The van der Waals surface area contributed by atoms with Crippen LogP contribution in [-0.4, -0.2) is 46.2 Å². The Morgan fingerprint density at radius 3 is 2.78 bits per heavy atom. The molecule has 2 heterocycles. The van der Waals surface area contributed by atoms with E-state index in [1.807, 2.05) is 37.4 Å². The number of rotatable bonds is 0. The highest BCUT2D eigenvalue weighted by Gasteiger charge is 2.43. The Morgan fingerprint density at radius 2 is 2.22 bits per heavy atom. The molecule has 0 saturated carbocycles. The van der Waals surface area contributed by atoms with Gasteiger partial charge in [0.05, 0.1) is 0 Å². The fourth-order valence-electron chi connectivity index (χ4n) is 2.74. The number of hydrogen-bond donors (Lipinski definition) is 1. The second kappa shape index (κ2) is 4.93. The molecule has 0 radical (unpaired) electrons. The predicted octanol–water partition coefficient (Wildman–Crippen LogP) is 2.22. The lowest BCUT2D eigenvalue weighted by Gasteiger charge is -2.40. The minimum Gasteiger partial charge on any atom is -0.444 e. The highest BCUT2D eigenvalue weighted by molar-refractivity contribution is 8.01. The maximum absolute atomic E-state index is 12.1. The first kappa shape index (κ1) is 14.0. The van der Waals surface area contributed by atoms with Crippen LogP contribution in [0.3, 0.4) is 0 Å². The third kappa shape index (κ3) is 3.32. The zero-order chi connectivity index (χ0) is 13.4. The first-order valence-corrected chi connectivity index (χ1v) is 7.66. The van der Waals surface area contributed by atoms with Crippen molar-refractivity contribution in [3.05, 3.63) is 0 Å². The molecular weight excluding hydrogens is 248 g/mol. The first-order valence-electron chi connectivity index (χ1n) is 6.67. The lowest BCUT2D eigenvalue weighted by atomic mass is 9.91. The van der Waals surface area contributed by atoms with E-state index in [2.05, 4.69) is 0 Å². The summed E-state index contributed by atoms with van der Waals surface area (Å²) in [6.45, 7) is 7.33. The highest BCUT2D eigenvalue weighted by Crippen LogP contribution is 2.44. The number of carbonyl (C=O) groups is 1. The van der Waals surface area contributed by atoms with Gasteiger partial charge in [-0.1, -0.05) is 0 Å². The maximum atomic E-state index is 12.1. The minimum absolute atomic E-state index is 0.178. The quantitative estimate of drug-likeness (QED) is 0.734. The summed E-state index contributed by atoms with van der Waals surface area (Å²) < 4.78 is 5.64. The third-order valence-electron chi connectivity index (χ3n) is 3.43. The van der Waals surface area contributed by atoms with Crippen LogP contribution in [0.2, 0.25) is 0 Å². The van der Waals surface area contributed by atoms with Crippen molar-refractivity contribution in [2.24, 2.45) is 5.73 Å². The minimum atomic E-state index is -0.416. The van der Waals surface area contributed by atoms with Gasteiger partial charge in [0.2, 0.25) is 0 Å². The Kier molecular flexibility index (Phi) is 3.83. The summed E-state index contributed by atoms with van der Waals surface area (Å²) in [5.41, 5.74) is 5.59. The molecule has 2 unspecified atom stereocenters. The number of nitrogens with zero attached hydrogens (tertiary/aromatic N) is 1. The van der Waals surface area contributed by atoms with Gasteiger partial charge in [0, 0.05) is 29.6 Å². The van der Waals surface area contributed by atoms with Crippen LogP contribution in [0.5, 0.6) is 0 Å². The lowest BCUT2D eigenvalue weighted by Crippen LogP contribution is -2.49. The fraction of sp³-hybridized carbons (Fsp3) is 0.923. The van der Waals surface area contributed by atoms with Crippen LogP contribution in [0, 0.1) is 0 Å². The third-order valence-corrected chi connectivity index (χ3v) is 5.14. The molecule has 2 saturated heterocycles. The Morgan fingerprint density at radius 1 is 1.50 bits per heavy atom. The van der Waals surface area contributed by atoms with Gasteiger partial charge < -0.3 is 15.4 Å². The molecule has 2 atom stereocenters. The molecule has 0 aromatic carbocycles. The molecule has 0 bridgehead atoms. The van der Waals surface area contributed by atoms with Crippen LogP contribution in [-0.2, 0) is 4.74 Å². The van der Waals surface area contributed by atoms with E-state index < -0.39 is 5.60 Å². The van der Waals surface area contributed by atoms with Gasteiger partial charge in [-0.05, 0) is 40.0 Å². The Labute approximate surface area is 114 Å². The largest absolute Gasteiger partial charge is 0.444 e. The monoisotopic (exact) mass is 272 g/mol. The Bertz CT molecular complexity index is 325. The number of piperidine rings is 1. The number of amides is 1. The molecule has 104 valence electrons. The van der Waals surface area contributed by atoms with Crippen LogP contribution in [0.25, 0.3) is 0 Å². The Balaban J connectivity index is 1.97. The van der Waals surface area contributed by atoms with Gasteiger partial charge in [-0.15, -0.1) is 0 Å². The van der Waals surface area contributed by atoms with Crippen molar-refractivity contribution in [2.45, 2.75) is 56.4 Å². The van der Waals surface area contributed by atoms with Crippen LogP contribution in [0.15, 0.2) is 0 Å². The molecule has 2 aliphatic heterocycles. The maximum Gasteiger partial charge on any atom is 0.410 e. The standard InChI is InChI=1S/C13H24N2O2S/c1-12(2,3)17-11(16)15-6-4-5-13(9-15)7-10(14)8-18-13/h10H,4-9,14H2,1-3H3. The summed E-state index contributed by atoms with van der Waals surface area (Å²) >= 11 is 1.94. The molecule has 18 heavy (non-hydrogen) atoms. The average Bonchev–Trinajstić information content (AvgIpc) is 2.57. The summed E-state index contributed by atoms with van der Waals surface area (Å²) in [5, 5.41) is 0. The number of hydrogen-bond acceptors (Lipinski definition) is 4. The summed E-state index contributed by atoms with van der Waals surface area (Å²) in [6, 6.07) is 0.286. The topological polar surface area (TPSA) is 55.6 Å². The number of ether oxygens (including phenoxy) is 1. The second-order valence-electron chi connectivity index (χ2n) is 6.46. The van der Waals surface area contributed by atoms with E-state index in [0.29, 0.717) is 0 Å². The van der Waals surface area contributed by atoms with E-state index in [1.165, 1.54) is 6.42 Å². The van der Waals surface area contributed by atoms with Crippen molar-refractivity contribution in [1.82, 2.24) is 4.90 Å². The van der Waals surface area contributed by atoms with Crippen molar-refractivity contribution in [1.29, 1.82) is 0 Å². The summed E-state index contributed by atoms with van der Waals surface area (Å²) in [6.07, 6.45) is 3.07. The van der Waals surface area contributed by atoms with Crippen molar-refractivity contribution < 1.29 is 9.53 Å². The number of likely N-dealkylation sites (tertiary alicyclic amines) is 1. The molecule has 1 amide bonds. The van der Waals surface area contributed by atoms with Gasteiger partial charge in [-0.2, -0.15) is 11.8 Å². The molecule has 1 spiro atoms. The molecule has 2 aliphatic rings. The highest BCUT2D eigenvalue weighted by atomic mass is 32.2. The van der Waals surface area contributed by atoms with Crippen LogP contribution in [0.1, 0.15) is 40.0 Å². The van der Waals surface area contributed by atoms with Gasteiger partial charge in [-0.3, -0.25) is 0 Å². The van der Waals surface area contributed by atoms with Crippen molar-refractivity contribution in [3.63, 3.8) is 0 Å². The molecule has 5 heteroatoms. The molecule has 0 aliphatic carbocycles. The summed E-state index contributed by atoms with van der Waals surface area (Å²) in [4.78, 5) is 14.0. The van der Waals surface area contributed by atoms with E-state index in [9.17, 15) is 4.79 Å². The Hall–Kier alpha value is -0.420. The van der Waals surface area contributed by atoms with Crippen molar-refractivity contribution >= 4 is 17.9 Å². The lowest BCUT2D eigenvalue weighted by molar-refractivity contribution is 0.0183. The molecule has 4 nitrogen and oxygen atoms in total. The fourth-order valence-corrected chi connectivity index (χ4v) is 4.30. The normalized spacial score (nSPS) is 32.9. The van der Waals surface area contributed by atoms with Crippen molar-refractivity contribution in [3.8, 4) is 0 Å². The zero-order valence-corrected chi connectivity index (χ0v) is 12.4. The van der Waals surface area contributed by atoms with Gasteiger partial charge in [0.1, 0.15) is 5.60 Å². The second-order valence-corrected chi connectivity index (χ2v) is 7.95. The van der Waals surface area contributed by atoms with Crippen molar-refractivity contribution in [2.75, 3.05) is 18.8 Å². The summed E-state index contributed by atoms with van der Waals surface area (Å²) in [7, 11) is 0. The van der Waals surface area contributed by atoms with Gasteiger partial charge in [-0.25, -0.2) is 4.79 Å². The molecule has 0 aromatic rings. The van der Waals surface area contributed by atoms with Crippen LogP contribution in [0.4, 0.5) is 4.79 Å². The SMILES string of the molecule is CC(C)(C)OC(=O)N1CCCC2(CC(N)CS2)C1. The van der Waals surface area contributed by atoms with E-state index in [4.69, 9.17) is 10.5 Å². The molecule has 2 fully saturated rings. The zero-order valence-electron chi connectivity index (χ0n) is 11.6. The number of nitrogens with two attached hydrogens (primary N) is 1. The van der Waals surface area contributed by atoms with E-state index >= 15 is 0 Å². The average molecular weight is 272 g/mol. The van der Waals surface area contributed by atoms with Crippen LogP contribution < -0.4 is 5.73 Å². The smallest absolute Gasteiger partial charge is 0.410 e. The molecule has 2 rings (SSSR count). The van der Waals surface area contributed by atoms with E-state index in [-0.39, 0.29) is 16.9 Å². The first-order chi connectivity index (χ1) is 8.30. The number of carbonyl (C=O) groups excluding carboxylic acids is 1. The van der Waals surface area contributed by atoms with E-state index in [0.717, 1.165) is 31.7 Å². The predicted molar refractivity (Wildman–Crippen MR) is 74.8 cm³/mol.